The highest BCUT2D eigenvalue weighted by Gasteiger charge is 2.37. The van der Waals surface area contributed by atoms with Gasteiger partial charge in [0.05, 0.1) is 16.5 Å². The predicted octanol–water partition coefficient (Wildman–Crippen LogP) is 2.13. The van der Waals surface area contributed by atoms with Crippen LogP contribution in [0.1, 0.15) is 44.6 Å². The Morgan fingerprint density at radius 2 is 1.87 bits per heavy atom. The number of carbonyl (C=O) groups excluding carboxylic acids is 2. The molecule has 9 heteroatoms. The molecule has 2 atom stereocenters. The Kier molecular flexibility index (Phi) is 5.76. The third kappa shape index (κ3) is 3.92. The third-order valence-corrected chi connectivity index (χ3v) is 8.23. The number of aryl methyl sites for hydroxylation is 1. The third-order valence-electron chi connectivity index (χ3n) is 6.23. The molecule has 0 aliphatic carbocycles. The number of piperidine rings is 2. The summed E-state index contributed by atoms with van der Waals surface area (Å²) in [6.45, 7) is 5.48. The summed E-state index contributed by atoms with van der Waals surface area (Å²) in [5.74, 6) is -0.117. The number of sulfonamides is 1. The number of hydrogen-bond donors (Lipinski definition) is 1. The fraction of sp³-hybridized carbons (Fsp3) is 0.619. The Hall–Kier alpha value is -2.13. The normalized spacial score (nSPS) is 25.3. The minimum Gasteiger partial charge on any atom is -0.479 e. The number of amides is 2. The molecule has 0 spiro atoms. The summed E-state index contributed by atoms with van der Waals surface area (Å²) in [7, 11) is -3.78. The Labute approximate surface area is 177 Å². The number of likely N-dealkylation sites (tertiary alicyclic amines) is 1. The number of fused-ring (bicyclic) bond motifs is 1. The highest BCUT2D eigenvalue weighted by molar-refractivity contribution is 7.89. The number of nitrogens with zero attached hydrogens (tertiary/aromatic N) is 2. The summed E-state index contributed by atoms with van der Waals surface area (Å²) >= 11 is 0. The molecule has 0 unspecified atom stereocenters. The van der Waals surface area contributed by atoms with Crippen molar-refractivity contribution in [2.45, 2.75) is 57.0 Å². The van der Waals surface area contributed by atoms with E-state index in [1.807, 2.05) is 4.90 Å². The smallest absolute Gasteiger partial charge is 0.265 e. The summed E-state index contributed by atoms with van der Waals surface area (Å²) in [4.78, 5) is 26.8. The van der Waals surface area contributed by atoms with E-state index in [1.165, 1.54) is 10.4 Å². The highest BCUT2D eigenvalue weighted by atomic mass is 32.2. The van der Waals surface area contributed by atoms with Crippen LogP contribution in [0.15, 0.2) is 17.0 Å². The Morgan fingerprint density at radius 1 is 1.13 bits per heavy atom. The van der Waals surface area contributed by atoms with E-state index in [1.54, 1.807) is 19.9 Å². The van der Waals surface area contributed by atoms with E-state index in [0.29, 0.717) is 30.0 Å². The summed E-state index contributed by atoms with van der Waals surface area (Å²) in [5.41, 5.74) is 1.02. The molecule has 0 aromatic heterocycles. The van der Waals surface area contributed by atoms with Gasteiger partial charge in [0.15, 0.2) is 6.10 Å². The zero-order chi connectivity index (χ0) is 21.5. The van der Waals surface area contributed by atoms with Crippen molar-refractivity contribution in [3.8, 4) is 5.75 Å². The standard InChI is InChI=1S/C21H29N3O5S/c1-14-11-17-18(29-15(2)20(25)22-17)12-19(14)30(27,28)24-10-6-7-16(13-24)21(26)23-8-4-3-5-9-23/h11-12,15-16H,3-10,13H2,1-2H3,(H,22,25)/t15-,16-/m0/s1. The van der Waals surface area contributed by atoms with Crippen molar-refractivity contribution in [2.75, 3.05) is 31.5 Å². The van der Waals surface area contributed by atoms with Crippen LogP contribution < -0.4 is 10.1 Å². The number of rotatable bonds is 3. The minimum absolute atomic E-state index is 0.0802. The molecule has 0 radical (unpaired) electrons. The van der Waals surface area contributed by atoms with E-state index >= 15 is 0 Å². The van der Waals surface area contributed by atoms with Crippen molar-refractivity contribution in [1.29, 1.82) is 0 Å². The lowest BCUT2D eigenvalue weighted by Gasteiger charge is -2.36. The molecule has 1 N–H and O–H groups in total. The van der Waals surface area contributed by atoms with Crippen LogP contribution in [-0.2, 0) is 19.6 Å². The van der Waals surface area contributed by atoms with Gasteiger partial charge in [-0.15, -0.1) is 0 Å². The fourth-order valence-corrected chi connectivity index (χ4v) is 6.24. The zero-order valence-electron chi connectivity index (χ0n) is 17.5. The fourth-order valence-electron chi connectivity index (χ4n) is 4.49. The Bertz CT molecular complexity index is 956. The van der Waals surface area contributed by atoms with Gasteiger partial charge in [0.25, 0.3) is 5.91 Å². The second-order valence-corrected chi connectivity index (χ2v) is 10.4. The SMILES string of the molecule is Cc1cc2c(cc1S(=O)(=O)N1CCC[C@H](C(=O)N3CCCCC3)C1)O[C@@H](C)C(=O)N2. The molecule has 2 fully saturated rings. The van der Waals surface area contributed by atoms with Crippen LogP contribution in [0.3, 0.4) is 0 Å². The van der Waals surface area contributed by atoms with Crippen molar-refractivity contribution in [1.82, 2.24) is 9.21 Å². The average Bonchev–Trinajstić information content (AvgIpc) is 2.74. The second-order valence-electron chi connectivity index (χ2n) is 8.45. The summed E-state index contributed by atoms with van der Waals surface area (Å²) in [6, 6.07) is 3.12. The topological polar surface area (TPSA) is 96.0 Å². The lowest BCUT2D eigenvalue weighted by Crippen LogP contribution is -2.48. The molecule has 3 aliphatic rings. The predicted molar refractivity (Wildman–Crippen MR) is 112 cm³/mol. The first kappa shape index (κ1) is 21.1. The quantitative estimate of drug-likeness (QED) is 0.785. The van der Waals surface area contributed by atoms with Crippen LogP contribution in [0.5, 0.6) is 5.75 Å². The lowest BCUT2D eigenvalue weighted by molar-refractivity contribution is -0.137. The molecular weight excluding hydrogens is 406 g/mol. The molecule has 4 rings (SSSR count). The van der Waals surface area contributed by atoms with Gasteiger partial charge < -0.3 is 15.0 Å². The van der Waals surface area contributed by atoms with E-state index in [-0.39, 0.29) is 29.2 Å². The first-order valence-corrected chi connectivity index (χ1v) is 12.1. The number of benzene rings is 1. The number of hydrogen-bond acceptors (Lipinski definition) is 5. The molecule has 8 nitrogen and oxygen atoms in total. The van der Waals surface area contributed by atoms with E-state index in [2.05, 4.69) is 5.32 Å². The number of carbonyl (C=O) groups is 2. The maximum absolute atomic E-state index is 13.4. The van der Waals surface area contributed by atoms with Crippen LogP contribution in [0, 0.1) is 12.8 Å². The molecule has 1 aromatic rings. The monoisotopic (exact) mass is 435 g/mol. The van der Waals surface area contributed by atoms with Crippen molar-refractivity contribution >= 4 is 27.5 Å². The Balaban J connectivity index is 1.56. The van der Waals surface area contributed by atoms with Gasteiger partial charge in [-0.25, -0.2) is 8.42 Å². The Morgan fingerprint density at radius 3 is 2.60 bits per heavy atom. The molecule has 3 heterocycles. The first-order valence-electron chi connectivity index (χ1n) is 10.7. The molecule has 0 bridgehead atoms. The summed E-state index contributed by atoms with van der Waals surface area (Å²) < 4.78 is 33.9. The van der Waals surface area contributed by atoms with Gasteiger partial charge in [-0.3, -0.25) is 9.59 Å². The molecule has 1 aromatic carbocycles. The van der Waals surface area contributed by atoms with Crippen molar-refractivity contribution in [2.24, 2.45) is 5.92 Å². The van der Waals surface area contributed by atoms with Gasteiger partial charge in [0.2, 0.25) is 15.9 Å². The van der Waals surface area contributed by atoms with Crippen molar-refractivity contribution < 1.29 is 22.7 Å². The van der Waals surface area contributed by atoms with Gasteiger partial charge >= 0.3 is 0 Å². The van der Waals surface area contributed by atoms with Crippen molar-refractivity contribution in [3.05, 3.63) is 17.7 Å². The average molecular weight is 436 g/mol. The van der Waals surface area contributed by atoms with Crippen LogP contribution in [0.2, 0.25) is 0 Å². The van der Waals surface area contributed by atoms with Gasteiger partial charge in [0, 0.05) is 32.2 Å². The van der Waals surface area contributed by atoms with E-state index in [0.717, 1.165) is 38.8 Å². The van der Waals surface area contributed by atoms with Crippen LogP contribution in [0.4, 0.5) is 5.69 Å². The molecule has 2 saturated heterocycles. The van der Waals surface area contributed by atoms with Gasteiger partial charge in [0.1, 0.15) is 5.75 Å². The summed E-state index contributed by atoms with van der Waals surface area (Å²) in [5, 5.41) is 2.74. The van der Waals surface area contributed by atoms with Gasteiger partial charge in [-0.2, -0.15) is 4.31 Å². The zero-order valence-corrected chi connectivity index (χ0v) is 18.3. The maximum atomic E-state index is 13.4. The largest absolute Gasteiger partial charge is 0.479 e. The molecule has 164 valence electrons. The van der Waals surface area contributed by atoms with Gasteiger partial charge in [-0.05, 0) is 57.6 Å². The minimum atomic E-state index is -3.78. The maximum Gasteiger partial charge on any atom is 0.265 e. The van der Waals surface area contributed by atoms with E-state index < -0.39 is 16.1 Å². The number of nitrogens with one attached hydrogen (secondary N) is 1. The molecule has 0 saturated carbocycles. The molecule has 3 aliphatic heterocycles. The number of anilines is 1. The van der Waals surface area contributed by atoms with E-state index in [4.69, 9.17) is 4.74 Å². The van der Waals surface area contributed by atoms with Gasteiger partial charge in [-0.1, -0.05) is 0 Å². The van der Waals surface area contributed by atoms with Crippen molar-refractivity contribution in [3.63, 3.8) is 0 Å². The molecular formula is C21H29N3O5S. The summed E-state index contributed by atoms with van der Waals surface area (Å²) in [6.07, 6.45) is 3.88. The lowest BCUT2D eigenvalue weighted by atomic mass is 9.97. The first-order chi connectivity index (χ1) is 14.3. The van der Waals surface area contributed by atoms with Crippen LogP contribution in [0.25, 0.3) is 0 Å². The van der Waals surface area contributed by atoms with Crippen LogP contribution >= 0.6 is 0 Å². The van der Waals surface area contributed by atoms with E-state index in [9.17, 15) is 18.0 Å². The second kappa shape index (κ2) is 8.19. The molecule has 2 amide bonds. The van der Waals surface area contributed by atoms with Crippen LogP contribution in [-0.4, -0.2) is 61.7 Å². The highest BCUT2D eigenvalue weighted by Crippen LogP contribution is 2.36. The number of ether oxygens (including phenoxy) is 1. The molecule has 30 heavy (non-hydrogen) atoms.